The van der Waals surface area contributed by atoms with Gasteiger partial charge in [-0.1, -0.05) is 26.2 Å². The number of rotatable bonds is 12. The summed E-state index contributed by atoms with van der Waals surface area (Å²) < 4.78 is 21.1. The highest BCUT2D eigenvalue weighted by molar-refractivity contribution is 6.60. The highest BCUT2D eigenvalue weighted by Gasteiger charge is 2.36. The average Bonchev–Trinajstić information content (AvgIpc) is 2.46. The Balaban J connectivity index is 3.47. The highest BCUT2D eigenvalue weighted by Crippen LogP contribution is 2.17. The van der Waals surface area contributed by atoms with Crippen molar-refractivity contribution in [2.75, 3.05) is 27.9 Å². The van der Waals surface area contributed by atoms with E-state index < -0.39 is 8.80 Å². The summed E-state index contributed by atoms with van der Waals surface area (Å²) in [5, 5.41) is 0. The second-order valence-electron chi connectivity index (χ2n) is 4.39. The lowest BCUT2D eigenvalue weighted by molar-refractivity contribution is -0.143. The van der Waals surface area contributed by atoms with Gasteiger partial charge in [0.25, 0.3) is 0 Å². The predicted octanol–water partition coefficient (Wildman–Crippen LogP) is 2.77. The molecule has 0 fully saturated rings. The van der Waals surface area contributed by atoms with Crippen LogP contribution >= 0.6 is 0 Å². The van der Waals surface area contributed by atoms with E-state index in [1.807, 2.05) is 0 Å². The third-order valence-corrected chi connectivity index (χ3v) is 5.94. The molecule has 0 rings (SSSR count). The molecule has 0 amide bonds. The summed E-state index contributed by atoms with van der Waals surface area (Å²) in [5.41, 5.74) is 0. The second-order valence-corrected chi connectivity index (χ2v) is 7.48. The number of esters is 1. The first kappa shape index (κ1) is 18.6. The van der Waals surface area contributed by atoms with Crippen LogP contribution in [0.25, 0.3) is 0 Å². The van der Waals surface area contributed by atoms with Crippen molar-refractivity contribution < 1.29 is 22.8 Å². The molecule has 114 valence electrons. The Morgan fingerprint density at radius 1 is 0.895 bits per heavy atom. The van der Waals surface area contributed by atoms with Gasteiger partial charge in [0.05, 0.1) is 6.61 Å². The normalized spacial score (nSPS) is 11.6. The molecule has 0 N–H and O–H groups in total. The average molecular weight is 292 g/mol. The lowest BCUT2D eigenvalue weighted by Crippen LogP contribution is -2.42. The van der Waals surface area contributed by atoms with Crippen LogP contribution in [0.2, 0.25) is 6.04 Å². The van der Waals surface area contributed by atoms with Crippen LogP contribution < -0.4 is 0 Å². The van der Waals surface area contributed by atoms with Crippen LogP contribution in [0.4, 0.5) is 0 Å². The predicted molar refractivity (Wildman–Crippen MR) is 75.9 cm³/mol. The zero-order valence-electron chi connectivity index (χ0n) is 12.7. The highest BCUT2D eigenvalue weighted by atomic mass is 28.4. The summed E-state index contributed by atoms with van der Waals surface area (Å²) >= 11 is 0. The van der Waals surface area contributed by atoms with Crippen molar-refractivity contribution in [3.05, 3.63) is 0 Å². The smallest absolute Gasteiger partial charge is 0.466 e. The van der Waals surface area contributed by atoms with Gasteiger partial charge >= 0.3 is 14.8 Å². The van der Waals surface area contributed by atoms with Crippen molar-refractivity contribution in [2.24, 2.45) is 0 Å². The zero-order chi connectivity index (χ0) is 14.6. The standard InChI is InChI=1S/C13H28O5Si/c1-5-13(14)18-11-9-7-6-8-10-12-19(15-2,16-3)17-4/h5-12H2,1-4H3. The molecule has 0 aromatic rings. The topological polar surface area (TPSA) is 54.0 Å². The molecule has 0 aliphatic heterocycles. The summed E-state index contributed by atoms with van der Waals surface area (Å²) in [7, 11) is 2.54. The number of ether oxygens (including phenoxy) is 1. The van der Waals surface area contributed by atoms with Gasteiger partial charge in [0.15, 0.2) is 0 Å². The van der Waals surface area contributed by atoms with Crippen LogP contribution in [0, 0.1) is 0 Å². The molecule has 0 aliphatic rings. The molecule has 0 aromatic heterocycles. The number of unbranched alkanes of at least 4 members (excludes halogenated alkanes) is 4. The van der Waals surface area contributed by atoms with E-state index in [1.165, 1.54) is 0 Å². The number of hydrogen-bond acceptors (Lipinski definition) is 5. The molecular weight excluding hydrogens is 264 g/mol. The third kappa shape index (κ3) is 8.36. The summed E-state index contributed by atoms with van der Waals surface area (Å²) in [6.07, 6.45) is 5.76. The van der Waals surface area contributed by atoms with Gasteiger partial charge in [-0.05, 0) is 12.8 Å². The van der Waals surface area contributed by atoms with Gasteiger partial charge in [-0.15, -0.1) is 0 Å². The molecule has 0 bridgehead atoms. The van der Waals surface area contributed by atoms with E-state index in [2.05, 4.69) is 0 Å². The Labute approximate surface area is 117 Å². The first-order valence-electron chi connectivity index (χ1n) is 6.95. The van der Waals surface area contributed by atoms with Crippen molar-refractivity contribution in [2.45, 2.75) is 51.5 Å². The molecule has 0 saturated carbocycles. The van der Waals surface area contributed by atoms with Crippen LogP contribution in [-0.4, -0.2) is 42.7 Å². The molecule has 0 radical (unpaired) electrons. The quantitative estimate of drug-likeness (QED) is 0.314. The third-order valence-electron chi connectivity index (χ3n) is 3.11. The fourth-order valence-electron chi connectivity index (χ4n) is 1.82. The zero-order valence-corrected chi connectivity index (χ0v) is 13.7. The van der Waals surface area contributed by atoms with Crippen LogP contribution in [0.5, 0.6) is 0 Å². The van der Waals surface area contributed by atoms with Crippen molar-refractivity contribution in [3.8, 4) is 0 Å². The molecule has 0 aromatic carbocycles. The van der Waals surface area contributed by atoms with Gasteiger partial charge in [0.1, 0.15) is 0 Å². The number of carbonyl (C=O) groups excluding carboxylic acids is 1. The maximum absolute atomic E-state index is 10.9. The molecule has 0 heterocycles. The van der Waals surface area contributed by atoms with Crippen LogP contribution in [0.3, 0.4) is 0 Å². The van der Waals surface area contributed by atoms with Gasteiger partial charge in [0, 0.05) is 33.8 Å². The van der Waals surface area contributed by atoms with Gasteiger partial charge in [0.2, 0.25) is 0 Å². The van der Waals surface area contributed by atoms with E-state index in [4.69, 9.17) is 18.0 Å². The lowest BCUT2D eigenvalue weighted by atomic mass is 10.2. The fourth-order valence-corrected chi connectivity index (χ4v) is 3.61. The monoisotopic (exact) mass is 292 g/mol. The first-order chi connectivity index (χ1) is 9.14. The van der Waals surface area contributed by atoms with Gasteiger partial charge in [-0.25, -0.2) is 0 Å². The van der Waals surface area contributed by atoms with Gasteiger partial charge in [-0.2, -0.15) is 0 Å². The summed E-state index contributed by atoms with van der Waals surface area (Å²) in [6.45, 7) is 2.35. The number of carbonyl (C=O) groups is 1. The fraction of sp³-hybridized carbons (Fsp3) is 0.923. The van der Waals surface area contributed by atoms with Gasteiger partial charge in [-0.3, -0.25) is 4.79 Å². The molecule has 19 heavy (non-hydrogen) atoms. The van der Waals surface area contributed by atoms with Gasteiger partial charge < -0.3 is 18.0 Å². The molecule has 0 aliphatic carbocycles. The van der Waals surface area contributed by atoms with Crippen LogP contribution in [0.1, 0.15) is 45.4 Å². The summed E-state index contributed by atoms with van der Waals surface area (Å²) in [6, 6.07) is 0.849. The minimum absolute atomic E-state index is 0.115. The molecular formula is C13H28O5Si. The summed E-state index contributed by atoms with van der Waals surface area (Å²) in [5.74, 6) is -0.115. The maximum Gasteiger partial charge on any atom is 0.500 e. The van der Waals surface area contributed by atoms with E-state index in [0.717, 1.165) is 38.1 Å². The molecule has 0 spiro atoms. The molecule has 0 saturated heterocycles. The first-order valence-corrected chi connectivity index (χ1v) is 8.88. The van der Waals surface area contributed by atoms with Crippen molar-refractivity contribution >= 4 is 14.8 Å². The van der Waals surface area contributed by atoms with Crippen molar-refractivity contribution in [1.82, 2.24) is 0 Å². The molecule has 0 atom stereocenters. The largest absolute Gasteiger partial charge is 0.500 e. The van der Waals surface area contributed by atoms with Crippen molar-refractivity contribution in [3.63, 3.8) is 0 Å². The Kier molecular flexibility index (Phi) is 11.1. The van der Waals surface area contributed by atoms with Crippen molar-refractivity contribution in [1.29, 1.82) is 0 Å². The Morgan fingerprint density at radius 3 is 1.95 bits per heavy atom. The molecule has 6 heteroatoms. The minimum Gasteiger partial charge on any atom is -0.466 e. The van der Waals surface area contributed by atoms with E-state index in [9.17, 15) is 4.79 Å². The second kappa shape index (κ2) is 11.4. The van der Waals surface area contributed by atoms with Crippen LogP contribution in [0.15, 0.2) is 0 Å². The molecule has 5 nitrogen and oxygen atoms in total. The van der Waals surface area contributed by atoms with E-state index in [-0.39, 0.29) is 5.97 Å². The number of hydrogen-bond donors (Lipinski definition) is 0. The Morgan fingerprint density at radius 2 is 1.42 bits per heavy atom. The van der Waals surface area contributed by atoms with E-state index in [1.54, 1.807) is 28.3 Å². The lowest BCUT2D eigenvalue weighted by Gasteiger charge is -2.24. The SMILES string of the molecule is CCC(=O)OCCCCCCC[Si](OC)(OC)OC. The Hall–Kier alpha value is -0.433. The Bertz CT molecular complexity index is 223. The van der Waals surface area contributed by atoms with Crippen LogP contribution in [-0.2, 0) is 22.8 Å². The minimum atomic E-state index is -2.38. The maximum atomic E-state index is 10.9. The van der Waals surface area contributed by atoms with E-state index >= 15 is 0 Å². The molecule has 0 unspecified atom stereocenters. The summed E-state index contributed by atoms with van der Waals surface area (Å²) in [4.78, 5) is 10.9. The van der Waals surface area contributed by atoms with E-state index in [0.29, 0.717) is 13.0 Å².